The number of rotatable bonds is 4. The molecular formula is C18H18N2O3. The predicted octanol–water partition coefficient (Wildman–Crippen LogP) is 3.63. The molecule has 0 fully saturated rings. The largest absolute Gasteiger partial charge is 0.497 e. The number of benzene rings is 2. The van der Waals surface area contributed by atoms with Crippen molar-refractivity contribution in [2.45, 2.75) is 6.92 Å². The first-order valence-electron chi connectivity index (χ1n) is 7.19. The van der Waals surface area contributed by atoms with Gasteiger partial charge in [-0.15, -0.1) is 0 Å². The Morgan fingerprint density at radius 2 is 1.52 bits per heavy atom. The second kappa shape index (κ2) is 6.12. The summed E-state index contributed by atoms with van der Waals surface area (Å²) in [4.78, 5) is 8.71. The predicted molar refractivity (Wildman–Crippen MR) is 89.4 cm³/mol. The highest BCUT2D eigenvalue weighted by molar-refractivity contribution is 5.88. The molecule has 1 aromatic heterocycles. The van der Waals surface area contributed by atoms with Gasteiger partial charge in [-0.3, -0.25) is 0 Å². The molecular weight excluding hydrogens is 292 g/mol. The molecule has 0 aliphatic heterocycles. The number of nitrogens with zero attached hydrogens (tertiary/aromatic N) is 2. The van der Waals surface area contributed by atoms with E-state index in [0.29, 0.717) is 0 Å². The molecule has 0 spiro atoms. The summed E-state index contributed by atoms with van der Waals surface area (Å²) in [6.07, 6.45) is 1.82. The van der Waals surface area contributed by atoms with Gasteiger partial charge >= 0.3 is 0 Å². The Kier molecular flexibility index (Phi) is 4.02. The average Bonchev–Trinajstić information content (AvgIpc) is 2.59. The van der Waals surface area contributed by atoms with Crippen LogP contribution in [0, 0.1) is 6.92 Å². The van der Waals surface area contributed by atoms with Crippen molar-refractivity contribution < 1.29 is 14.2 Å². The zero-order valence-corrected chi connectivity index (χ0v) is 13.6. The summed E-state index contributed by atoms with van der Waals surface area (Å²) < 4.78 is 16.3. The van der Waals surface area contributed by atoms with E-state index in [1.165, 1.54) is 0 Å². The second-order valence-electron chi connectivity index (χ2n) is 5.13. The number of hydrogen-bond acceptors (Lipinski definition) is 5. The SMILES string of the molecule is COc1cc(OC)cc(-c2cc3cnc(C)nc3cc2OC)c1. The molecule has 0 amide bonds. The van der Waals surface area contributed by atoms with Crippen LogP contribution in [-0.4, -0.2) is 31.3 Å². The summed E-state index contributed by atoms with van der Waals surface area (Å²) in [5.41, 5.74) is 2.73. The highest BCUT2D eigenvalue weighted by Gasteiger charge is 2.12. The molecule has 2 aromatic carbocycles. The maximum absolute atomic E-state index is 5.55. The van der Waals surface area contributed by atoms with E-state index in [2.05, 4.69) is 9.97 Å². The monoisotopic (exact) mass is 310 g/mol. The van der Waals surface area contributed by atoms with Gasteiger partial charge < -0.3 is 14.2 Å². The smallest absolute Gasteiger partial charge is 0.128 e. The number of hydrogen-bond donors (Lipinski definition) is 0. The molecule has 5 heteroatoms. The van der Waals surface area contributed by atoms with Gasteiger partial charge in [-0.1, -0.05) is 0 Å². The molecule has 0 aliphatic carbocycles. The third kappa shape index (κ3) is 2.90. The summed E-state index contributed by atoms with van der Waals surface area (Å²) in [5, 5.41) is 0.952. The zero-order chi connectivity index (χ0) is 16.4. The van der Waals surface area contributed by atoms with Crippen molar-refractivity contribution in [1.29, 1.82) is 0 Å². The third-order valence-electron chi connectivity index (χ3n) is 3.68. The third-order valence-corrected chi connectivity index (χ3v) is 3.68. The molecule has 0 saturated heterocycles. The first-order valence-corrected chi connectivity index (χ1v) is 7.19. The normalized spacial score (nSPS) is 10.6. The molecule has 1 heterocycles. The van der Waals surface area contributed by atoms with Crippen molar-refractivity contribution in [1.82, 2.24) is 9.97 Å². The van der Waals surface area contributed by atoms with Crippen LogP contribution in [0.3, 0.4) is 0 Å². The fourth-order valence-electron chi connectivity index (χ4n) is 2.51. The minimum Gasteiger partial charge on any atom is -0.497 e. The maximum Gasteiger partial charge on any atom is 0.128 e. The Bertz CT molecular complexity index is 840. The van der Waals surface area contributed by atoms with E-state index in [0.717, 1.165) is 45.1 Å². The number of aromatic nitrogens is 2. The lowest BCUT2D eigenvalue weighted by Crippen LogP contribution is -1.94. The van der Waals surface area contributed by atoms with Crippen LogP contribution in [0.25, 0.3) is 22.0 Å². The van der Waals surface area contributed by atoms with Crippen molar-refractivity contribution in [2.75, 3.05) is 21.3 Å². The summed E-state index contributed by atoms with van der Waals surface area (Å²) in [6, 6.07) is 9.67. The van der Waals surface area contributed by atoms with Crippen LogP contribution in [0.5, 0.6) is 17.2 Å². The van der Waals surface area contributed by atoms with Crippen molar-refractivity contribution in [3.05, 3.63) is 42.4 Å². The van der Waals surface area contributed by atoms with Crippen molar-refractivity contribution in [3.63, 3.8) is 0 Å². The Labute approximate surface area is 134 Å². The minimum atomic E-state index is 0.724. The topological polar surface area (TPSA) is 53.5 Å². The van der Waals surface area contributed by atoms with Gasteiger partial charge in [-0.25, -0.2) is 9.97 Å². The number of ether oxygens (including phenoxy) is 3. The Morgan fingerprint density at radius 3 is 2.13 bits per heavy atom. The average molecular weight is 310 g/mol. The molecule has 0 radical (unpaired) electrons. The van der Waals surface area contributed by atoms with Crippen LogP contribution in [0.4, 0.5) is 0 Å². The fraction of sp³-hybridized carbons (Fsp3) is 0.222. The van der Waals surface area contributed by atoms with E-state index in [-0.39, 0.29) is 0 Å². The molecule has 3 aromatic rings. The van der Waals surface area contributed by atoms with Crippen LogP contribution < -0.4 is 14.2 Å². The molecule has 0 saturated carbocycles. The van der Waals surface area contributed by atoms with E-state index in [9.17, 15) is 0 Å². The highest BCUT2D eigenvalue weighted by Crippen LogP contribution is 2.37. The van der Waals surface area contributed by atoms with E-state index in [1.807, 2.05) is 43.5 Å². The highest BCUT2D eigenvalue weighted by atomic mass is 16.5. The fourth-order valence-corrected chi connectivity index (χ4v) is 2.51. The molecule has 0 N–H and O–H groups in total. The molecule has 118 valence electrons. The molecule has 0 bridgehead atoms. The zero-order valence-electron chi connectivity index (χ0n) is 13.6. The number of methoxy groups -OCH3 is 3. The molecule has 0 aliphatic rings. The Balaban J connectivity index is 2.24. The van der Waals surface area contributed by atoms with Crippen LogP contribution >= 0.6 is 0 Å². The van der Waals surface area contributed by atoms with Crippen LogP contribution in [0.1, 0.15) is 5.82 Å². The number of fused-ring (bicyclic) bond motifs is 1. The van der Waals surface area contributed by atoms with Gasteiger partial charge in [0.15, 0.2) is 0 Å². The maximum atomic E-state index is 5.55. The van der Waals surface area contributed by atoms with E-state index in [1.54, 1.807) is 21.3 Å². The van der Waals surface area contributed by atoms with Gasteiger partial charge in [0, 0.05) is 29.3 Å². The van der Waals surface area contributed by atoms with Gasteiger partial charge in [-0.05, 0) is 30.7 Å². The van der Waals surface area contributed by atoms with Crippen molar-refractivity contribution in [3.8, 4) is 28.4 Å². The van der Waals surface area contributed by atoms with Gasteiger partial charge in [0.1, 0.15) is 23.1 Å². The van der Waals surface area contributed by atoms with E-state index >= 15 is 0 Å². The summed E-state index contributed by atoms with van der Waals surface area (Å²) in [6.45, 7) is 1.87. The Hall–Kier alpha value is -2.82. The second-order valence-corrected chi connectivity index (χ2v) is 5.13. The summed E-state index contributed by atoms with van der Waals surface area (Å²) in [7, 11) is 4.91. The van der Waals surface area contributed by atoms with Gasteiger partial charge in [0.25, 0.3) is 0 Å². The molecule has 5 nitrogen and oxygen atoms in total. The van der Waals surface area contributed by atoms with Crippen LogP contribution in [-0.2, 0) is 0 Å². The lowest BCUT2D eigenvalue weighted by Gasteiger charge is -2.13. The van der Waals surface area contributed by atoms with E-state index < -0.39 is 0 Å². The van der Waals surface area contributed by atoms with Crippen molar-refractivity contribution >= 4 is 10.9 Å². The van der Waals surface area contributed by atoms with Gasteiger partial charge in [-0.2, -0.15) is 0 Å². The minimum absolute atomic E-state index is 0.724. The molecule has 23 heavy (non-hydrogen) atoms. The first-order chi connectivity index (χ1) is 11.1. The molecule has 3 rings (SSSR count). The van der Waals surface area contributed by atoms with Crippen LogP contribution in [0.15, 0.2) is 36.5 Å². The number of aryl methyl sites for hydroxylation is 1. The quantitative estimate of drug-likeness (QED) is 0.736. The van der Waals surface area contributed by atoms with E-state index in [4.69, 9.17) is 14.2 Å². The first kappa shape index (κ1) is 15.1. The lowest BCUT2D eigenvalue weighted by atomic mass is 10.0. The summed E-state index contributed by atoms with van der Waals surface area (Å²) in [5.74, 6) is 2.92. The van der Waals surface area contributed by atoms with Crippen LogP contribution in [0.2, 0.25) is 0 Å². The summed E-state index contributed by atoms with van der Waals surface area (Å²) >= 11 is 0. The van der Waals surface area contributed by atoms with Gasteiger partial charge in [0.2, 0.25) is 0 Å². The standard InChI is InChI=1S/C18H18N2O3/c1-11-19-10-13-7-16(18(23-4)9-17(13)20-11)12-5-14(21-2)8-15(6-12)22-3/h5-10H,1-4H3. The van der Waals surface area contributed by atoms with Gasteiger partial charge in [0.05, 0.1) is 26.8 Å². The lowest BCUT2D eigenvalue weighted by molar-refractivity contribution is 0.394. The molecule has 0 atom stereocenters. The van der Waals surface area contributed by atoms with Crippen molar-refractivity contribution in [2.24, 2.45) is 0 Å². The molecule has 0 unspecified atom stereocenters. The Morgan fingerprint density at radius 1 is 0.826 bits per heavy atom.